The molecule has 1 heterocycles. The number of nitrogens with one attached hydrogen (secondary N) is 1. The highest BCUT2D eigenvalue weighted by atomic mass is 32.2. The first kappa shape index (κ1) is 15.9. The Kier molecular flexibility index (Phi) is 5.33. The van der Waals surface area contributed by atoms with Crippen LogP contribution in [-0.2, 0) is 21.4 Å². The van der Waals surface area contributed by atoms with Gasteiger partial charge in [-0.25, -0.2) is 13.6 Å². The Labute approximate surface area is 125 Å². The number of hydrogen-bond donors (Lipinski definition) is 2. The third kappa shape index (κ3) is 5.45. The number of likely N-dealkylation sites (tertiary alicyclic amines) is 1. The summed E-state index contributed by atoms with van der Waals surface area (Å²) in [5, 5.41) is 8.30. The first-order valence-corrected chi connectivity index (χ1v) is 8.68. The summed E-state index contributed by atoms with van der Waals surface area (Å²) in [7, 11) is -3.51. The molecule has 116 valence electrons. The van der Waals surface area contributed by atoms with Crippen molar-refractivity contribution in [2.24, 2.45) is 11.1 Å². The van der Waals surface area contributed by atoms with Crippen molar-refractivity contribution in [2.45, 2.75) is 13.0 Å². The van der Waals surface area contributed by atoms with Crippen LogP contribution in [0.3, 0.4) is 0 Å². The molecule has 21 heavy (non-hydrogen) atoms. The van der Waals surface area contributed by atoms with E-state index in [1.807, 2.05) is 30.3 Å². The van der Waals surface area contributed by atoms with Crippen LogP contribution in [0.25, 0.3) is 0 Å². The van der Waals surface area contributed by atoms with Crippen LogP contribution in [-0.4, -0.2) is 44.6 Å². The van der Waals surface area contributed by atoms with Gasteiger partial charge in [0.15, 0.2) is 0 Å². The SMILES string of the molecule is NS(=O)(=O)CC1CC(=O)N(CCNCc2ccccc2)C1. The average Bonchev–Trinajstić information content (AvgIpc) is 2.74. The number of primary sulfonamides is 1. The van der Waals surface area contributed by atoms with Crippen molar-refractivity contribution in [3.8, 4) is 0 Å². The van der Waals surface area contributed by atoms with Crippen molar-refractivity contribution >= 4 is 15.9 Å². The van der Waals surface area contributed by atoms with Crippen molar-refractivity contribution in [1.29, 1.82) is 0 Å². The third-order valence-corrected chi connectivity index (χ3v) is 4.43. The largest absolute Gasteiger partial charge is 0.341 e. The fourth-order valence-electron chi connectivity index (χ4n) is 2.55. The maximum atomic E-state index is 11.8. The molecule has 1 aromatic carbocycles. The maximum absolute atomic E-state index is 11.8. The summed E-state index contributed by atoms with van der Waals surface area (Å²) in [4.78, 5) is 13.5. The van der Waals surface area contributed by atoms with E-state index in [1.165, 1.54) is 5.56 Å². The topological polar surface area (TPSA) is 92.5 Å². The summed E-state index contributed by atoms with van der Waals surface area (Å²) >= 11 is 0. The van der Waals surface area contributed by atoms with Gasteiger partial charge in [-0.3, -0.25) is 4.79 Å². The molecular formula is C14H21N3O3S. The molecule has 1 amide bonds. The van der Waals surface area contributed by atoms with Crippen molar-refractivity contribution in [1.82, 2.24) is 10.2 Å². The first-order chi connectivity index (χ1) is 9.94. The van der Waals surface area contributed by atoms with Crippen LogP contribution in [0.15, 0.2) is 30.3 Å². The van der Waals surface area contributed by atoms with Crippen molar-refractivity contribution in [3.05, 3.63) is 35.9 Å². The number of nitrogens with zero attached hydrogens (tertiary/aromatic N) is 1. The molecular weight excluding hydrogens is 290 g/mol. The highest BCUT2D eigenvalue weighted by Crippen LogP contribution is 2.18. The summed E-state index contributed by atoms with van der Waals surface area (Å²) in [6.07, 6.45) is 0.273. The van der Waals surface area contributed by atoms with Crippen molar-refractivity contribution < 1.29 is 13.2 Å². The monoisotopic (exact) mass is 311 g/mol. The zero-order valence-electron chi connectivity index (χ0n) is 11.9. The van der Waals surface area contributed by atoms with Gasteiger partial charge >= 0.3 is 0 Å². The lowest BCUT2D eigenvalue weighted by Gasteiger charge is -2.16. The molecule has 1 saturated heterocycles. The number of benzene rings is 1. The van der Waals surface area contributed by atoms with Gasteiger partial charge in [0.1, 0.15) is 0 Å². The highest BCUT2D eigenvalue weighted by molar-refractivity contribution is 7.89. The standard InChI is InChI=1S/C14H21N3O3S/c15-21(19,20)11-13-8-14(18)17(10-13)7-6-16-9-12-4-2-1-3-5-12/h1-5,13,16H,6-11H2,(H2,15,19,20). The molecule has 0 bridgehead atoms. The summed E-state index contributed by atoms with van der Waals surface area (Å²) in [6.45, 7) is 2.50. The van der Waals surface area contributed by atoms with Gasteiger partial charge in [-0.15, -0.1) is 0 Å². The molecule has 1 fully saturated rings. The second kappa shape index (κ2) is 7.02. The molecule has 0 aromatic heterocycles. The molecule has 1 aromatic rings. The van der Waals surface area contributed by atoms with Gasteiger partial charge in [-0.05, 0) is 5.56 Å². The minimum Gasteiger partial charge on any atom is -0.341 e. The molecule has 1 aliphatic heterocycles. The predicted octanol–water partition coefficient (Wildman–Crippen LogP) is -0.0868. The molecule has 0 spiro atoms. The van der Waals surface area contributed by atoms with Crippen LogP contribution in [0, 0.1) is 5.92 Å². The second-order valence-electron chi connectivity index (χ2n) is 5.40. The molecule has 6 nitrogen and oxygen atoms in total. The zero-order chi connectivity index (χ0) is 15.3. The minimum atomic E-state index is -3.51. The second-order valence-corrected chi connectivity index (χ2v) is 7.06. The van der Waals surface area contributed by atoms with Crippen LogP contribution >= 0.6 is 0 Å². The van der Waals surface area contributed by atoms with E-state index < -0.39 is 10.0 Å². The summed E-state index contributed by atoms with van der Waals surface area (Å²) in [6, 6.07) is 10.0. The van der Waals surface area contributed by atoms with Crippen molar-refractivity contribution in [2.75, 3.05) is 25.4 Å². The molecule has 1 unspecified atom stereocenters. The van der Waals surface area contributed by atoms with Gasteiger partial charge in [-0.1, -0.05) is 30.3 Å². The van der Waals surface area contributed by atoms with Crippen LogP contribution in [0.5, 0.6) is 0 Å². The Morgan fingerprint density at radius 2 is 2.00 bits per heavy atom. The van der Waals surface area contributed by atoms with Crippen molar-refractivity contribution in [3.63, 3.8) is 0 Å². The Morgan fingerprint density at radius 3 is 2.67 bits per heavy atom. The van der Waals surface area contributed by atoms with Crippen LogP contribution in [0.2, 0.25) is 0 Å². The molecule has 0 aliphatic carbocycles. The number of carbonyl (C=O) groups excluding carboxylic acids is 1. The Balaban J connectivity index is 1.70. The first-order valence-electron chi connectivity index (χ1n) is 6.97. The Hall–Kier alpha value is -1.44. The minimum absolute atomic E-state index is 0.00478. The lowest BCUT2D eigenvalue weighted by Crippen LogP contribution is -2.33. The number of amides is 1. The quantitative estimate of drug-likeness (QED) is 0.689. The number of nitrogens with two attached hydrogens (primary N) is 1. The molecule has 1 aliphatic rings. The number of carbonyl (C=O) groups is 1. The number of sulfonamides is 1. The van der Waals surface area contributed by atoms with E-state index in [2.05, 4.69) is 5.32 Å². The molecule has 0 saturated carbocycles. The number of rotatable bonds is 7. The lowest BCUT2D eigenvalue weighted by atomic mass is 10.1. The van der Waals surface area contributed by atoms with Crippen LogP contribution in [0.1, 0.15) is 12.0 Å². The predicted molar refractivity (Wildman–Crippen MR) is 80.8 cm³/mol. The highest BCUT2D eigenvalue weighted by Gasteiger charge is 2.31. The van der Waals surface area contributed by atoms with E-state index >= 15 is 0 Å². The van der Waals surface area contributed by atoms with E-state index in [0.29, 0.717) is 19.6 Å². The Morgan fingerprint density at radius 1 is 1.29 bits per heavy atom. The molecule has 7 heteroatoms. The molecule has 3 N–H and O–H groups in total. The normalized spacial score (nSPS) is 19.2. The summed E-state index contributed by atoms with van der Waals surface area (Å²) in [5.41, 5.74) is 1.19. The third-order valence-electron chi connectivity index (χ3n) is 3.49. The molecule has 2 rings (SSSR count). The smallest absolute Gasteiger partial charge is 0.223 e. The van der Waals surface area contributed by atoms with Gasteiger partial charge in [0.05, 0.1) is 5.75 Å². The fourth-order valence-corrected chi connectivity index (χ4v) is 3.43. The molecule has 1 atom stereocenters. The van der Waals surface area contributed by atoms with E-state index in [4.69, 9.17) is 5.14 Å². The van der Waals surface area contributed by atoms with E-state index in [-0.39, 0.29) is 24.0 Å². The van der Waals surface area contributed by atoms with Gasteiger partial charge < -0.3 is 10.2 Å². The van der Waals surface area contributed by atoms with E-state index in [1.54, 1.807) is 4.90 Å². The summed E-state index contributed by atoms with van der Waals surface area (Å²) < 4.78 is 22.1. The molecule has 0 radical (unpaired) electrons. The van der Waals surface area contributed by atoms with E-state index in [9.17, 15) is 13.2 Å². The van der Waals surface area contributed by atoms with Gasteiger partial charge in [0.2, 0.25) is 15.9 Å². The van der Waals surface area contributed by atoms with Crippen LogP contribution in [0.4, 0.5) is 0 Å². The fraction of sp³-hybridized carbons (Fsp3) is 0.500. The van der Waals surface area contributed by atoms with Gasteiger partial charge in [0.25, 0.3) is 0 Å². The lowest BCUT2D eigenvalue weighted by molar-refractivity contribution is -0.127. The van der Waals surface area contributed by atoms with Gasteiger partial charge in [-0.2, -0.15) is 0 Å². The Bertz CT molecular complexity index is 574. The number of hydrogen-bond acceptors (Lipinski definition) is 4. The zero-order valence-corrected chi connectivity index (χ0v) is 12.7. The van der Waals surface area contributed by atoms with E-state index in [0.717, 1.165) is 6.54 Å². The maximum Gasteiger partial charge on any atom is 0.223 e. The van der Waals surface area contributed by atoms with Gasteiger partial charge in [0, 0.05) is 38.5 Å². The summed E-state index contributed by atoms with van der Waals surface area (Å²) in [5.74, 6) is -0.293. The van der Waals surface area contributed by atoms with Crippen LogP contribution < -0.4 is 10.5 Å². The average molecular weight is 311 g/mol.